The van der Waals surface area contributed by atoms with E-state index in [-0.39, 0.29) is 23.0 Å². The Morgan fingerprint density at radius 1 is 1.07 bits per heavy atom. The molecule has 0 saturated heterocycles. The van der Waals surface area contributed by atoms with Gasteiger partial charge in [0.05, 0.1) is 5.56 Å². The van der Waals surface area contributed by atoms with Gasteiger partial charge in [-0.15, -0.1) is 0 Å². The Balaban J connectivity index is 1.72. The van der Waals surface area contributed by atoms with Crippen LogP contribution in [0.25, 0.3) is 0 Å². The molecule has 29 heavy (non-hydrogen) atoms. The topological polar surface area (TPSA) is 64.1 Å². The molecule has 0 spiro atoms. The maximum absolute atomic E-state index is 13.1. The standard InChI is InChI=1S/C19H12BrF4N3O2/c1-10-25-16(19(22,23)24)9-17(26-10)29-13-5-3-12(4-6-13)27-18(28)14-7-2-11(21)8-15(14)20/h2-9H,1H3,(H,27,28). The molecule has 0 unspecified atom stereocenters. The summed E-state index contributed by atoms with van der Waals surface area (Å²) in [7, 11) is 0. The lowest BCUT2D eigenvalue weighted by Crippen LogP contribution is -2.12. The van der Waals surface area contributed by atoms with Gasteiger partial charge in [0.15, 0.2) is 5.69 Å². The Kier molecular flexibility index (Phi) is 5.83. The second-order valence-electron chi connectivity index (χ2n) is 5.84. The molecular weight excluding hydrogens is 458 g/mol. The minimum atomic E-state index is -4.62. The number of hydrogen-bond donors (Lipinski definition) is 1. The van der Waals surface area contributed by atoms with E-state index in [0.29, 0.717) is 16.2 Å². The first-order valence-corrected chi connectivity index (χ1v) is 8.88. The van der Waals surface area contributed by atoms with E-state index in [1.54, 1.807) is 0 Å². The monoisotopic (exact) mass is 469 g/mol. The third-order valence-corrected chi connectivity index (χ3v) is 4.27. The zero-order valence-electron chi connectivity index (χ0n) is 14.7. The minimum Gasteiger partial charge on any atom is -0.439 e. The summed E-state index contributed by atoms with van der Waals surface area (Å²) in [6, 6.07) is 10.3. The van der Waals surface area contributed by atoms with Gasteiger partial charge >= 0.3 is 6.18 Å². The predicted molar refractivity (Wildman–Crippen MR) is 100 cm³/mol. The average Bonchev–Trinajstić information content (AvgIpc) is 2.62. The molecule has 5 nitrogen and oxygen atoms in total. The van der Waals surface area contributed by atoms with Crippen molar-refractivity contribution in [3.63, 3.8) is 0 Å². The Bertz CT molecular complexity index is 1060. The summed E-state index contributed by atoms with van der Waals surface area (Å²) in [5.74, 6) is -1.06. The first kappa shape index (κ1) is 20.7. The smallest absolute Gasteiger partial charge is 0.433 e. The summed E-state index contributed by atoms with van der Waals surface area (Å²) in [4.78, 5) is 19.4. The molecular formula is C19H12BrF4N3O2. The zero-order valence-corrected chi connectivity index (χ0v) is 16.3. The number of amides is 1. The zero-order chi connectivity index (χ0) is 21.2. The van der Waals surface area contributed by atoms with Crippen molar-refractivity contribution in [1.29, 1.82) is 0 Å². The van der Waals surface area contributed by atoms with Crippen LogP contribution < -0.4 is 10.1 Å². The van der Waals surface area contributed by atoms with E-state index in [1.807, 2.05) is 0 Å². The maximum Gasteiger partial charge on any atom is 0.433 e. The molecule has 3 aromatic rings. The second kappa shape index (κ2) is 8.16. The first-order chi connectivity index (χ1) is 13.6. The Morgan fingerprint density at radius 2 is 1.76 bits per heavy atom. The van der Waals surface area contributed by atoms with Crippen molar-refractivity contribution in [3.8, 4) is 11.6 Å². The quantitative estimate of drug-likeness (QED) is 0.494. The van der Waals surface area contributed by atoms with Gasteiger partial charge in [-0.3, -0.25) is 4.79 Å². The van der Waals surface area contributed by atoms with E-state index in [1.165, 1.54) is 43.3 Å². The van der Waals surface area contributed by atoms with Crippen LogP contribution in [-0.4, -0.2) is 15.9 Å². The van der Waals surface area contributed by atoms with Crippen molar-refractivity contribution in [2.45, 2.75) is 13.1 Å². The molecule has 150 valence electrons. The fraction of sp³-hybridized carbons (Fsp3) is 0.105. The number of alkyl halides is 3. The number of aromatic nitrogens is 2. The number of carbonyl (C=O) groups excluding carboxylic acids is 1. The van der Waals surface area contributed by atoms with E-state index < -0.39 is 23.6 Å². The highest BCUT2D eigenvalue weighted by Gasteiger charge is 2.33. The second-order valence-corrected chi connectivity index (χ2v) is 6.70. The van der Waals surface area contributed by atoms with Crippen molar-refractivity contribution >= 4 is 27.5 Å². The third-order valence-electron chi connectivity index (χ3n) is 3.62. The molecule has 10 heteroatoms. The van der Waals surface area contributed by atoms with Crippen molar-refractivity contribution < 1.29 is 27.1 Å². The molecule has 1 aromatic heterocycles. The van der Waals surface area contributed by atoms with Crippen LogP contribution >= 0.6 is 15.9 Å². The molecule has 1 heterocycles. The van der Waals surface area contributed by atoms with Crippen LogP contribution in [-0.2, 0) is 6.18 Å². The minimum absolute atomic E-state index is 0.0800. The number of ether oxygens (including phenoxy) is 1. The van der Waals surface area contributed by atoms with Crippen molar-refractivity contribution in [1.82, 2.24) is 9.97 Å². The molecule has 0 saturated carbocycles. The Morgan fingerprint density at radius 3 is 2.38 bits per heavy atom. The number of nitrogens with zero attached hydrogens (tertiary/aromatic N) is 2. The van der Waals surface area contributed by atoms with Crippen LogP contribution in [0.5, 0.6) is 11.6 Å². The average molecular weight is 470 g/mol. The van der Waals surface area contributed by atoms with Gasteiger partial charge in [0.2, 0.25) is 5.88 Å². The molecule has 1 N–H and O–H groups in total. The van der Waals surface area contributed by atoms with Crippen LogP contribution in [0.1, 0.15) is 21.9 Å². The number of carbonyl (C=O) groups is 1. The van der Waals surface area contributed by atoms with Crippen molar-refractivity contribution in [2.75, 3.05) is 5.32 Å². The summed E-state index contributed by atoms with van der Waals surface area (Å²) in [6.45, 7) is 1.33. The van der Waals surface area contributed by atoms with Gasteiger partial charge in [-0.25, -0.2) is 9.37 Å². The summed E-state index contributed by atoms with van der Waals surface area (Å²) in [5, 5.41) is 2.63. The van der Waals surface area contributed by atoms with Gasteiger partial charge in [0, 0.05) is 16.2 Å². The van der Waals surface area contributed by atoms with Crippen LogP contribution in [0.2, 0.25) is 0 Å². The lowest BCUT2D eigenvalue weighted by atomic mass is 10.2. The first-order valence-electron chi connectivity index (χ1n) is 8.09. The lowest BCUT2D eigenvalue weighted by molar-refractivity contribution is -0.141. The molecule has 0 atom stereocenters. The number of halogens is 5. The number of nitrogens with one attached hydrogen (secondary N) is 1. The van der Waals surface area contributed by atoms with Crippen LogP contribution in [0.4, 0.5) is 23.2 Å². The largest absolute Gasteiger partial charge is 0.439 e. The highest BCUT2D eigenvalue weighted by molar-refractivity contribution is 9.10. The van der Waals surface area contributed by atoms with Crippen LogP contribution in [0.15, 0.2) is 53.0 Å². The van der Waals surface area contributed by atoms with Gasteiger partial charge in [-0.1, -0.05) is 0 Å². The third kappa shape index (κ3) is 5.29. The van der Waals surface area contributed by atoms with E-state index in [9.17, 15) is 22.4 Å². The molecule has 0 fully saturated rings. The molecule has 0 aliphatic carbocycles. The SMILES string of the molecule is Cc1nc(Oc2ccc(NC(=O)c3ccc(F)cc3Br)cc2)cc(C(F)(F)F)n1. The Hall–Kier alpha value is -3.01. The number of hydrogen-bond acceptors (Lipinski definition) is 4. The van der Waals surface area contributed by atoms with Gasteiger partial charge < -0.3 is 10.1 Å². The van der Waals surface area contributed by atoms with Crippen LogP contribution in [0.3, 0.4) is 0 Å². The number of aryl methyl sites for hydroxylation is 1. The van der Waals surface area contributed by atoms with Crippen molar-refractivity contribution in [3.05, 3.63) is 75.9 Å². The maximum atomic E-state index is 13.1. The molecule has 1 amide bonds. The van der Waals surface area contributed by atoms with E-state index in [4.69, 9.17) is 4.74 Å². The van der Waals surface area contributed by atoms with Crippen molar-refractivity contribution in [2.24, 2.45) is 0 Å². The van der Waals surface area contributed by atoms with E-state index in [2.05, 4.69) is 31.2 Å². The van der Waals surface area contributed by atoms with E-state index >= 15 is 0 Å². The fourth-order valence-corrected chi connectivity index (χ4v) is 2.87. The summed E-state index contributed by atoms with van der Waals surface area (Å²) < 4.78 is 57.3. The molecule has 0 bridgehead atoms. The molecule has 2 aromatic carbocycles. The molecule has 3 rings (SSSR count). The lowest BCUT2D eigenvalue weighted by Gasteiger charge is -2.11. The van der Waals surface area contributed by atoms with E-state index in [0.717, 1.165) is 6.07 Å². The number of anilines is 1. The predicted octanol–water partition coefficient (Wildman–Crippen LogP) is 5.75. The van der Waals surface area contributed by atoms with Gasteiger partial charge in [-0.2, -0.15) is 18.2 Å². The van der Waals surface area contributed by atoms with Gasteiger partial charge in [0.25, 0.3) is 5.91 Å². The molecule has 0 radical (unpaired) electrons. The summed E-state index contributed by atoms with van der Waals surface area (Å²) in [5.41, 5.74) is -0.454. The summed E-state index contributed by atoms with van der Waals surface area (Å²) >= 11 is 3.12. The highest BCUT2D eigenvalue weighted by atomic mass is 79.9. The number of rotatable bonds is 4. The molecule has 0 aliphatic rings. The Labute approximate surface area is 170 Å². The van der Waals surface area contributed by atoms with Crippen LogP contribution in [0, 0.1) is 12.7 Å². The molecule has 0 aliphatic heterocycles. The van der Waals surface area contributed by atoms with Gasteiger partial charge in [0.1, 0.15) is 17.4 Å². The van der Waals surface area contributed by atoms with Gasteiger partial charge in [-0.05, 0) is 65.3 Å². The summed E-state index contributed by atoms with van der Waals surface area (Å²) in [6.07, 6.45) is -4.62. The number of benzene rings is 2. The highest BCUT2D eigenvalue weighted by Crippen LogP contribution is 2.31. The normalized spacial score (nSPS) is 11.2. The fourth-order valence-electron chi connectivity index (χ4n) is 2.34.